The van der Waals surface area contributed by atoms with Crippen molar-refractivity contribution in [3.63, 3.8) is 0 Å². The summed E-state index contributed by atoms with van der Waals surface area (Å²) in [6, 6.07) is 8.78. The molecule has 0 bridgehead atoms. The first-order valence-electron chi connectivity index (χ1n) is 3.91. The van der Waals surface area contributed by atoms with Crippen LogP contribution in [0.15, 0.2) is 42.7 Å². The van der Waals surface area contributed by atoms with E-state index in [0.29, 0.717) is 11.1 Å². The molecule has 2 heterocycles. The van der Waals surface area contributed by atoms with Gasteiger partial charge in [0.15, 0.2) is 12.4 Å². The fourth-order valence-corrected chi connectivity index (χ4v) is 1.31. The highest BCUT2D eigenvalue weighted by molar-refractivity contribution is 5.94. The topological polar surface area (TPSA) is 41.4 Å². The number of pyridine rings is 2. The summed E-state index contributed by atoms with van der Waals surface area (Å²) in [6.45, 7) is 0. The van der Waals surface area contributed by atoms with E-state index in [1.807, 2.05) is 24.5 Å². The molecule has 2 aromatic heterocycles. The maximum absolute atomic E-state index is 10.8. The predicted octanol–water partition coefficient (Wildman–Crippen LogP) is 1.12. The summed E-state index contributed by atoms with van der Waals surface area (Å²) < 4.78 is 1.78. The van der Waals surface area contributed by atoms with E-state index in [4.69, 9.17) is 5.11 Å². The molecule has 2 aromatic rings. The fourth-order valence-electron chi connectivity index (χ4n) is 1.31. The standard InChI is InChI=1S/C10H7NO2/c12-10(13)8-4-3-7-11-6-2-1-5-9(8)11/h1-7H/p+1. The molecule has 0 aliphatic rings. The van der Waals surface area contributed by atoms with Crippen LogP contribution in [0.3, 0.4) is 0 Å². The van der Waals surface area contributed by atoms with Crippen molar-refractivity contribution in [1.29, 1.82) is 0 Å². The maximum Gasteiger partial charge on any atom is 0.342 e. The highest BCUT2D eigenvalue weighted by Gasteiger charge is 2.12. The van der Waals surface area contributed by atoms with E-state index in [2.05, 4.69) is 0 Å². The monoisotopic (exact) mass is 174 g/mol. The lowest BCUT2D eigenvalue weighted by Crippen LogP contribution is -2.22. The summed E-state index contributed by atoms with van der Waals surface area (Å²) in [5.41, 5.74) is 1.03. The number of hydrogen-bond acceptors (Lipinski definition) is 1. The molecule has 3 nitrogen and oxygen atoms in total. The van der Waals surface area contributed by atoms with Crippen LogP contribution in [0.5, 0.6) is 0 Å². The van der Waals surface area contributed by atoms with E-state index in [-0.39, 0.29) is 0 Å². The summed E-state index contributed by atoms with van der Waals surface area (Å²) in [4.78, 5) is 10.8. The first kappa shape index (κ1) is 7.73. The molecule has 2 rings (SSSR count). The van der Waals surface area contributed by atoms with E-state index in [0.717, 1.165) is 0 Å². The third-order valence-electron chi connectivity index (χ3n) is 1.91. The molecule has 0 atom stereocenters. The van der Waals surface area contributed by atoms with Crippen LogP contribution in [0, 0.1) is 0 Å². The van der Waals surface area contributed by atoms with E-state index in [1.54, 1.807) is 22.6 Å². The number of fused-ring (bicyclic) bond motifs is 1. The van der Waals surface area contributed by atoms with Gasteiger partial charge in [-0.05, 0) is 12.1 Å². The Hall–Kier alpha value is -1.90. The Kier molecular flexibility index (Phi) is 1.70. The Morgan fingerprint density at radius 1 is 1.15 bits per heavy atom. The number of carbonyl (C=O) groups is 1. The Balaban J connectivity index is 2.83. The van der Waals surface area contributed by atoms with Gasteiger partial charge in [-0.2, -0.15) is 4.40 Å². The lowest BCUT2D eigenvalue weighted by Gasteiger charge is -1.93. The van der Waals surface area contributed by atoms with Gasteiger partial charge in [0.1, 0.15) is 5.56 Å². The second kappa shape index (κ2) is 2.86. The molecule has 0 aromatic carbocycles. The molecule has 0 aliphatic carbocycles. The molecule has 0 aliphatic heterocycles. The summed E-state index contributed by atoms with van der Waals surface area (Å²) >= 11 is 0. The molecule has 0 amide bonds. The van der Waals surface area contributed by atoms with E-state index < -0.39 is 5.97 Å². The molecule has 1 N–H and O–H groups in total. The molecule has 0 saturated heterocycles. The van der Waals surface area contributed by atoms with Gasteiger partial charge in [0.2, 0.25) is 5.52 Å². The number of nitrogens with zero attached hydrogens (tertiary/aromatic N) is 1. The summed E-state index contributed by atoms with van der Waals surface area (Å²) in [6.07, 6.45) is 3.64. The fraction of sp³-hybridized carbons (Fsp3) is 0. The van der Waals surface area contributed by atoms with Crippen molar-refractivity contribution in [2.75, 3.05) is 0 Å². The quantitative estimate of drug-likeness (QED) is 0.658. The molecule has 3 heteroatoms. The second-order valence-corrected chi connectivity index (χ2v) is 2.72. The molecular weight excluding hydrogens is 166 g/mol. The van der Waals surface area contributed by atoms with Crippen LogP contribution in [0.2, 0.25) is 0 Å². The molecule has 0 fully saturated rings. The van der Waals surface area contributed by atoms with E-state index in [9.17, 15) is 4.79 Å². The van der Waals surface area contributed by atoms with Crippen molar-refractivity contribution in [2.24, 2.45) is 0 Å². The van der Waals surface area contributed by atoms with Crippen LogP contribution in [0.25, 0.3) is 5.52 Å². The van der Waals surface area contributed by atoms with Gasteiger partial charge in [0.25, 0.3) is 0 Å². The highest BCUT2D eigenvalue weighted by atomic mass is 16.4. The van der Waals surface area contributed by atoms with Crippen LogP contribution in [0.1, 0.15) is 10.4 Å². The number of rotatable bonds is 1. The van der Waals surface area contributed by atoms with Gasteiger partial charge in [0, 0.05) is 18.2 Å². The first-order valence-corrected chi connectivity index (χ1v) is 3.91. The molecule has 0 radical (unpaired) electrons. The minimum atomic E-state index is -0.899. The third kappa shape index (κ3) is 1.24. The van der Waals surface area contributed by atoms with Gasteiger partial charge >= 0.3 is 5.97 Å². The minimum Gasteiger partial charge on any atom is -0.477 e. The number of carboxylic acids is 1. The van der Waals surface area contributed by atoms with Crippen molar-refractivity contribution in [1.82, 2.24) is 0 Å². The van der Waals surface area contributed by atoms with Gasteiger partial charge in [-0.15, -0.1) is 0 Å². The summed E-state index contributed by atoms with van der Waals surface area (Å²) in [5, 5.41) is 8.87. The van der Waals surface area contributed by atoms with Gasteiger partial charge in [-0.25, -0.2) is 4.79 Å². The largest absolute Gasteiger partial charge is 0.477 e. The lowest BCUT2D eigenvalue weighted by molar-refractivity contribution is -0.512. The summed E-state index contributed by atoms with van der Waals surface area (Å²) in [5.74, 6) is -0.899. The Morgan fingerprint density at radius 2 is 1.92 bits per heavy atom. The van der Waals surface area contributed by atoms with Crippen molar-refractivity contribution < 1.29 is 14.3 Å². The van der Waals surface area contributed by atoms with Gasteiger partial charge < -0.3 is 5.11 Å². The Bertz CT molecular complexity index is 460. The van der Waals surface area contributed by atoms with Gasteiger partial charge in [0.05, 0.1) is 0 Å². The number of carboxylic acid groups (broad SMARTS) is 1. The molecule has 0 saturated carbocycles. The molecule has 0 unspecified atom stereocenters. The van der Waals surface area contributed by atoms with E-state index >= 15 is 0 Å². The predicted molar refractivity (Wildman–Crippen MR) is 46.6 cm³/mol. The van der Waals surface area contributed by atoms with Crippen LogP contribution < -0.4 is 4.40 Å². The van der Waals surface area contributed by atoms with Crippen LogP contribution in [0.4, 0.5) is 0 Å². The molecule has 13 heavy (non-hydrogen) atoms. The Labute approximate surface area is 74.9 Å². The van der Waals surface area contributed by atoms with Crippen molar-refractivity contribution in [2.45, 2.75) is 0 Å². The van der Waals surface area contributed by atoms with E-state index in [1.165, 1.54) is 0 Å². The number of aromatic carboxylic acids is 1. The zero-order valence-electron chi connectivity index (χ0n) is 6.84. The van der Waals surface area contributed by atoms with Crippen LogP contribution in [-0.4, -0.2) is 11.1 Å². The zero-order valence-corrected chi connectivity index (χ0v) is 6.84. The first-order chi connectivity index (χ1) is 6.29. The second-order valence-electron chi connectivity index (χ2n) is 2.72. The Morgan fingerprint density at radius 3 is 2.69 bits per heavy atom. The lowest BCUT2D eigenvalue weighted by atomic mass is 10.2. The smallest absolute Gasteiger partial charge is 0.342 e. The van der Waals surface area contributed by atoms with Gasteiger partial charge in [-0.1, -0.05) is 0 Å². The average Bonchev–Trinajstić information content (AvgIpc) is 2.17. The van der Waals surface area contributed by atoms with Crippen molar-refractivity contribution in [3.05, 3.63) is 48.3 Å². The zero-order chi connectivity index (χ0) is 9.26. The molecule has 64 valence electrons. The van der Waals surface area contributed by atoms with Gasteiger partial charge in [-0.3, -0.25) is 0 Å². The molecule has 0 spiro atoms. The summed E-state index contributed by atoms with van der Waals surface area (Å²) in [7, 11) is 0. The van der Waals surface area contributed by atoms with Crippen LogP contribution >= 0.6 is 0 Å². The van der Waals surface area contributed by atoms with Crippen molar-refractivity contribution >= 4 is 11.5 Å². The normalized spacial score (nSPS) is 10.2. The number of hydrogen-bond donors (Lipinski definition) is 1. The van der Waals surface area contributed by atoms with Crippen LogP contribution in [-0.2, 0) is 0 Å². The number of aromatic nitrogens is 1. The maximum atomic E-state index is 10.8. The molecular formula is C10H8NO2+. The van der Waals surface area contributed by atoms with Crippen molar-refractivity contribution in [3.8, 4) is 0 Å². The third-order valence-corrected chi connectivity index (χ3v) is 1.91. The SMILES string of the molecule is O=C(O)c1ccc[n+]2ccccc12. The highest BCUT2D eigenvalue weighted by Crippen LogP contribution is 2.04. The minimum absolute atomic E-state index is 0.322. The average molecular weight is 174 g/mol.